The summed E-state index contributed by atoms with van der Waals surface area (Å²) < 4.78 is 64.3. The van der Waals surface area contributed by atoms with E-state index in [-0.39, 0.29) is 25.4 Å². The van der Waals surface area contributed by atoms with E-state index in [1.807, 2.05) is 0 Å². The van der Waals surface area contributed by atoms with Crippen molar-refractivity contribution in [3.8, 4) is 5.75 Å². The Morgan fingerprint density at radius 1 is 1.20 bits per heavy atom. The molecule has 0 aliphatic heterocycles. The van der Waals surface area contributed by atoms with Crippen molar-refractivity contribution < 1.29 is 26.3 Å². The Hall–Kier alpha value is -1.32. The maximum atomic E-state index is 12.2. The number of hydrogen-bond acceptors (Lipinski definition) is 4. The van der Waals surface area contributed by atoms with Crippen molar-refractivity contribution in [2.75, 3.05) is 19.3 Å². The Bertz CT molecular complexity index is 532. The van der Waals surface area contributed by atoms with Crippen LogP contribution < -0.4 is 14.8 Å². The van der Waals surface area contributed by atoms with Gasteiger partial charge in [-0.25, -0.2) is 13.1 Å². The summed E-state index contributed by atoms with van der Waals surface area (Å²) in [4.78, 5) is 0. The van der Waals surface area contributed by atoms with Crippen LogP contribution >= 0.6 is 0 Å². The maximum absolute atomic E-state index is 12.2. The third-order valence-electron chi connectivity index (χ3n) is 2.18. The zero-order chi connectivity index (χ0) is 15.2. The van der Waals surface area contributed by atoms with Gasteiger partial charge in [0.25, 0.3) is 0 Å². The number of sulfonamides is 1. The molecule has 0 fully saturated rings. The average molecular weight is 312 g/mol. The van der Waals surface area contributed by atoms with E-state index in [9.17, 15) is 21.6 Å². The minimum Gasteiger partial charge on any atom is -0.405 e. The Kier molecular flexibility index (Phi) is 5.78. The van der Waals surface area contributed by atoms with Gasteiger partial charge in [-0.2, -0.15) is 0 Å². The van der Waals surface area contributed by atoms with Crippen molar-refractivity contribution in [3.63, 3.8) is 0 Å². The van der Waals surface area contributed by atoms with Crippen molar-refractivity contribution >= 4 is 10.0 Å². The smallest absolute Gasteiger partial charge is 0.405 e. The van der Waals surface area contributed by atoms with Crippen LogP contribution in [0.5, 0.6) is 5.75 Å². The molecule has 1 aromatic carbocycles. The highest BCUT2D eigenvalue weighted by Crippen LogP contribution is 2.25. The van der Waals surface area contributed by atoms with Crippen LogP contribution in [0.3, 0.4) is 0 Å². The minimum atomic E-state index is -4.74. The first-order valence-corrected chi connectivity index (χ1v) is 7.55. The molecular weight excluding hydrogens is 297 g/mol. The lowest BCUT2D eigenvalue weighted by Gasteiger charge is -2.13. The second-order valence-corrected chi connectivity index (χ2v) is 5.83. The van der Waals surface area contributed by atoms with Crippen LogP contribution in [0.2, 0.25) is 0 Å². The molecule has 0 bridgehead atoms. The van der Waals surface area contributed by atoms with Crippen molar-refractivity contribution in [2.24, 2.45) is 0 Å². The molecule has 5 nitrogen and oxygen atoms in total. The summed E-state index contributed by atoms with van der Waals surface area (Å²) >= 11 is 0. The van der Waals surface area contributed by atoms with Crippen LogP contribution in [0.15, 0.2) is 24.3 Å². The van der Waals surface area contributed by atoms with Gasteiger partial charge in [-0.1, -0.05) is 18.2 Å². The van der Waals surface area contributed by atoms with Gasteiger partial charge in [0, 0.05) is 25.2 Å². The van der Waals surface area contributed by atoms with Gasteiger partial charge < -0.3 is 10.1 Å². The zero-order valence-electron chi connectivity index (χ0n) is 10.7. The molecule has 0 aromatic heterocycles. The van der Waals surface area contributed by atoms with Crippen molar-refractivity contribution in [3.05, 3.63) is 29.8 Å². The number of hydrogen-bond donors (Lipinski definition) is 2. The predicted molar refractivity (Wildman–Crippen MR) is 67.7 cm³/mol. The summed E-state index contributed by atoms with van der Waals surface area (Å²) in [5.41, 5.74) is 0.337. The number of benzene rings is 1. The van der Waals surface area contributed by atoms with E-state index in [0.29, 0.717) is 5.56 Å². The fourth-order valence-electron chi connectivity index (χ4n) is 1.42. The Balaban J connectivity index is 2.48. The maximum Gasteiger partial charge on any atom is 0.573 e. The number of para-hydroxylation sites is 1. The summed E-state index contributed by atoms with van der Waals surface area (Å²) in [6.45, 7) is 0.576. The lowest BCUT2D eigenvalue weighted by molar-refractivity contribution is -0.274. The Morgan fingerprint density at radius 3 is 2.45 bits per heavy atom. The third-order valence-corrected chi connectivity index (χ3v) is 2.91. The fraction of sp³-hybridized carbons (Fsp3) is 0.455. The molecule has 0 aliphatic rings. The van der Waals surface area contributed by atoms with Crippen molar-refractivity contribution in [1.29, 1.82) is 0 Å². The van der Waals surface area contributed by atoms with Crippen LogP contribution in [0.4, 0.5) is 13.2 Å². The van der Waals surface area contributed by atoms with Gasteiger partial charge in [0.05, 0.1) is 6.26 Å². The van der Waals surface area contributed by atoms with Crippen LogP contribution in [-0.4, -0.2) is 34.1 Å². The summed E-state index contributed by atoms with van der Waals surface area (Å²) in [6, 6.07) is 5.75. The molecule has 0 spiro atoms. The van der Waals surface area contributed by atoms with Crippen LogP contribution in [0.1, 0.15) is 5.56 Å². The Labute approximate surface area is 115 Å². The first-order valence-electron chi connectivity index (χ1n) is 5.66. The quantitative estimate of drug-likeness (QED) is 0.743. The van der Waals surface area contributed by atoms with Gasteiger partial charge in [0.2, 0.25) is 10.0 Å². The van der Waals surface area contributed by atoms with Gasteiger partial charge >= 0.3 is 6.36 Å². The van der Waals surface area contributed by atoms with Crippen molar-refractivity contribution in [1.82, 2.24) is 10.0 Å². The van der Waals surface area contributed by atoms with Gasteiger partial charge in [-0.15, -0.1) is 13.2 Å². The molecule has 0 aliphatic carbocycles. The fourth-order valence-corrected chi connectivity index (χ4v) is 1.89. The zero-order valence-corrected chi connectivity index (χ0v) is 11.5. The highest BCUT2D eigenvalue weighted by Gasteiger charge is 2.31. The molecule has 1 rings (SSSR count). The number of ether oxygens (including phenoxy) is 1. The molecule has 0 saturated carbocycles. The van der Waals surface area contributed by atoms with E-state index >= 15 is 0 Å². The molecule has 114 valence electrons. The molecule has 0 heterocycles. The number of rotatable bonds is 7. The lowest BCUT2D eigenvalue weighted by atomic mass is 10.2. The van der Waals surface area contributed by atoms with E-state index in [1.165, 1.54) is 18.2 Å². The molecule has 0 saturated heterocycles. The van der Waals surface area contributed by atoms with E-state index in [4.69, 9.17) is 0 Å². The molecule has 0 radical (unpaired) electrons. The normalized spacial score (nSPS) is 12.4. The van der Waals surface area contributed by atoms with Gasteiger partial charge in [-0.3, -0.25) is 0 Å². The number of halogens is 3. The lowest BCUT2D eigenvalue weighted by Crippen LogP contribution is -2.31. The van der Waals surface area contributed by atoms with Gasteiger partial charge in [0.15, 0.2) is 0 Å². The molecular formula is C11H15F3N2O3S. The van der Waals surface area contributed by atoms with Crippen LogP contribution in [0, 0.1) is 0 Å². The van der Waals surface area contributed by atoms with E-state index in [1.54, 1.807) is 6.07 Å². The largest absolute Gasteiger partial charge is 0.573 e. The number of alkyl halides is 3. The summed E-state index contributed by atoms with van der Waals surface area (Å²) in [7, 11) is -3.26. The molecule has 0 amide bonds. The summed E-state index contributed by atoms with van der Waals surface area (Å²) in [5.74, 6) is -0.274. The van der Waals surface area contributed by atoms with E-state index in [0.717, 1.165) is 6.26 Å². The molecule has 0 atom stereocenters. The first-order chi connectivity index (χ1) is 9.17. The monoisotopic (exact) mass is 312 g/mol. The van der Waals surface area contributed by atoms with Gasteiger partial charge in [0.1, 0.15) is 5.75 Å². The average Bonchev–Trinajstić information content (AvgIpc) is 2.27. The van der Waals surface area contributed by atoms with E-state index in [2.05, 4.69) is 14.8 Å². The van der Waals surface area contributed by atoms with Crippen molar-refractivity contribution in [2.45, 2.75) is 12.9 Å². The van der Waals surface area contributed by atoms with Crippen LogP contribution in [0.25, 0.3) is 0 Å². The van der Waals surface area contributed by atoms with E-state index < -0.39 is 16.4 Å². The predicted octanol–water partition coefficient (Wildman–Crippen LogP) is 1.22. The standard InChI is InChI=1S/C11H15F3N2O3S/c1-20(17,18)16-7-6-15-8-9-4-2-3-5-10(9)19-11(12,13)14/h2-5,15-16H,6-8H2,1H3. The SMILES string of the molecule is CS(=O)(=O)NCCNCc1ccccc1OC(F)(F)F. The van der Waals surface area contributed by atoms with Crippen LogP contribution in [-0.2, 0) is 16.6 Å². The summed E-state index contributed by atoms with van der Waals surface area (Å²) in [5, 5.41) is 2.83. The second-order valence-electron chi connectivity index (χ2n) is 4.00. The third kappa shape index (κ3) is 7.31. The van der Waals surface area contributed by atoms with Gasteiger partial charge in [-0.05, 0) is 6.07 Å². The molecule has 9 heteroatoms. The second kappa shape index (κ2) is 6.91. The molecule has 0 unspecified atom stereocenters. The highest BCUT2D eigenvalue weighted by atomic mass is 32.2. The molecule has 1 aromatic rings. The molecule has 2 N–H and O–H groups in total. The first kappa shape index (κ1) is 16.7. The number of nitrogens with one attached hydrogen (secondary N) is 2. The summed E-state index contributed by atoms with van der Waals surface area (Å²) in [6.07, 6.45) is -3.71. The topological polar surface area (TPSA) is 67.4 Å². The highest BCUT2D eigenvalue weighted by molar-refractivity contribution is 7.88. The molecule has 20 heavy (non-hydrogen) atoms. The Morgan fingerprint density at radius 2 is 1.85 bits per heavy atom. The minimum absolute atomic E-state index is 0.137.